The molecule has 1 aliphatic rings. The smallest absolute Gasteiger partial charge is 0.115 e. The molecule has 0 radical (unpaired) electrons. The molecule has 88 valence electrons. The van der Waals surface area contributed by atoms with Crippen LogP contribution in [0.2, 0.25) is 0 Å². The molecule has 16 heavy (non-hydrogen) atoms. The van der Waals surface area contributed by atoms with Crippen molar-refractivity contribution in [1.29, 1.82) is 0 Å². The Morgan fingerprint density at radius 2 is 2.12 bits per heavy atom. The van der Waals surface area contributed by atoms with E-state index in [1.165, 1.54) is 12.8 Å². The maximum Gasteiger partial charge on any atom is 0.115 e. The zero-order chi connectivity index (χ0) is 11.4. The zero-order valence-electron chi connectivity index (χ0n) is 9.84. The first-order valence-electron chi connectivity index (χ1n) is 5.96. The van der Waals surface area contributed by atoms with Gasteiger partial charge in [-0.1, -0.05) is 0 Å². The number of hydrogen-bond donors (Lipinski definition) is 1. The van der Waals surface area contributed by atoms with Gasteiger partial charge in [-0.15, -0.1) is 0 Å². The van der Waals surface area contributed by atoms with Crippen LogP contribution in [0.4, 0.5) is 0 Å². The van der Waals surface area contributed by atoms with Crippen molar-refractivity contribution < 1.29 is 0 Å². The molecule has 2 N–H and O–H groups in total. The highest BCUT2D eigenvalue weighted by Gasteiger charge is 2.21. The van der Waals surface area contributed by atoms with Gasteiger partial charge in [0.1, 0.15) is 6.33 Å². The van der Waals surface area contributed by atoms with Gasteiger partial charge >= 0.3 is 0 Å². The molecule has 1 saturated carbocycles. The Balaban J connectivity index is 1.86. The third-order valence-corrected chi connectivity index (χ3v) is 3.42. The van der Waals surface area contributed by atoms with E-state index < -0.39 is 0 Å². The molecule has 0 amide bonds. The molecular formula is C12H20N4. The van der Waals surface area contributed by atoms with E-state index in [0.717, 1.165) is 25.1 Å². The van der Waals surface area contributed by atoms with Crippen molar-refractivity contribution in [3.8, 4) is 0 Å². The molecule has 1 aromatic rings. The van der Waals surface area contributed by atoms with Gasteiger partial charge in [-0.05, 0) is 38.8 Å². The Morgan fingerprint density at radius 3 is 2.75 bits per heavy atom. The highest BCUT2D eigenvalue weighted by molar-refractivity contribution is 4.98. The van der Waals surface area contributed by atoms with Crippen molar-refractivity contribution in [1.82, 2.24) is 14.9 Å². The fraction of sp³-hybridized carbons (Fsp3) is 0.667. The Hall–Kier alpha value is -1.00. The molecular weight excluding hydrogens is 200 g/mol. The van der Waals surface area contributed by atoms with Gasteiger partial charge < -0.3 is 5.73 Å². The highest BCUT2D eigenvalue weighted by Crippen LogP contribution is 2.21. The van der Waals surface area contributed by atoms with Gasteiger partial charge in [-0.3, -0.25) is 4.90 Å². The molecule has 0 aromatic carbocycles. The summed E-state index contributed by atoms with van der Waals surface area (Å²) in [5.74, 6) is 0. The molecule has 0 unspecified atom stereocenters. The van der Waals surface area contributed by atoms with Crippen LogP contribution in [0.5, 0.6) is 0 Å². The molecule has 0 spiro atoms. The lowest BCUT2D eigenvalue weighted by Crippen LogP contribution is -2.38. The van der Waals surface area contributed by atoms with E-state index in [4.69, 9.17) is 5.73 Å². The Kier molecular flexibility index (Phi) is 3.85. The van der Waals surface area contributed by atoms with Crippen LogP contribution in [0, 0.1) is 0 Å². The second-order valence-corrected chi connectivity index (χ2v) is 4.68. The highest BCUT2D eigenvalue weighted by atomic mass is 15.1. The topological polar surface area (TPSA) is 55.0 Å². The third kappa shape index (κ3) is 3.00. The van der Waals surface area contributed by atoms with Crippen molar-refractivity contribution >= 4 is 0 Å². The van der Waals surface area contributed by atoms with Gasteiger partial charge in [0.15, 0.2) is 0 Å². The summed E-state index contributed by atoms with van der Waals surface area (Å²) in [7, 11) is 2.17. The van der Waals surface area contributed by atoms with E-state index in [1.807, 2.05) is 6.07 Å². The van der Waals surface area contributed by atoms with Crippen LogP contribution in [-0.4, -0.2) is 34.0 Å². The predicted octanol–water partition coefficient (Wildman–Crippen LogP) is 1.18. The molecule has 4 nitrogen and oxygen atoms in total. The number of aromatic nitrogens is 2. The molecule has 4 heteroatoms. The Morgan fingerprint density at radius 1 is 1.38 bits per heavy atom. The first kappa shape index (κ1) is 11.5. The van der Waals surface area contributed by atoms with E-state index in [2.05, 4.69) is 21.9 Å². The van der Waals surface area contributed by atoms with E-state index >= 15 is 0 Å². The molecule has 2 rings (SSSR count). The first-order chi connectivity index (χ1) is 7.75. The van der Waals surface area contributed by atoms with Crippen molar-refractivity contribution in [3.63, 3.8) is 0 Å². The normalized spacial score (nSPS) is 25.9. The molecule has 0 atom stereocenters. The summed E-state index contributed by atoms with van der Waals surface area (Å²) in [6.45, 7) is 0.905. The first-order valence-corrected chi connectivity index (χ1v) is 5.96. The molecule has 0 aliphatic heterocycles. The van der Waals surface area contributed by atoms with Gasteiger partial charge in [0.2, 0.25) is 0 Å². The molecule has 0 bridgehead atoms. The van der Waals surface area contributed by atoms with E-state index in [1.54, 1.807) is 12.5 Å². The summed E-state index contributed by atoms with van der Waals surface area (Å²) < 4.78 is 0. The van der Waals surface area contributed by atoms with Crippen molar-refractivity contribution in [2.75, 3.05) is 7.05 Å². The maximum atomic E-state index is 5.91. The molecule has 1 aliphatic carbocycles. The zero-order valence-corrected chi connectivity index (χ0v) is 9.84. The van der Waals surface area contributed by atoms with Crippen LogP contribution < -0.4 is 5.73 Å². The maximum absolute atomic E-state index is 5.91. The van der Waals surface area contributed by atoms with Crippen molar-refractivity contribution in [2.45, 2.75) is 44.3 Å². The quantitative estimate of drug-likeness (QED) is 0.831. The van der Waals surface area contributed by atoms with Crippen LogP contribution in [0.25, 0.3) is 0 Å². The van der Waals surface area contributed by atoms with Gasteiger partial charge in [0, 0.05) is 24.8 Å². The average Bonchev–Trinajstić information content (AvgIpc) is 2.31. The van der Waals surface area contributed by atoms with Gasteiger partial charge in [0.05, 0.1) is 5.69 Å². The van der Waals surface area contributed by atoms with Crippen molar-refractivity contribution in [3.05, 3.63) is 24.3 Å². The lowest BCUT2D eigenvalue weighted by molar-refractivity contribution is 0.174. The number of nitrogens with two attached hydrogens (primary N) is 1. The van der Waals surface area contributed by atoms with Crippen LogP contribution in [0.3, 0.4) is 0 Å². The number of rotatable bonds is 3. The molecule has 1 heterocycles. The van der Waals surface area contributed by atoms with Crippen molar-refractivity contribution in [2.24, 2.45) is 5.73 Å². The number of hydrogen-bond acceptors (Lipinski definition) is 4. The van der Waals surface area contributed by atoms with Crippen LogP contribution in [0.15, 0.2) is 18.6 Å². The Labute approximate surface area is 96.9 Å². The number of nitrogens with zero attached hydrogens (tertiary/aromatic N) is 3. The van der Waals surface area contributed by atoms with Crippen LogP contribution in [-0.2, 0) is 6.54 Å². The summed E-state index contributed by atoms with van der Waals surface area (Å²) in [5, 5.41) is 0. The predicted molar refractivity (Wildman–Crippen MR) is 63.7 cm³/mol. The minimum Gasteiger partial charge on any atom is -0.328 e. The summed E-state index contributed by atoms with van der Waals surface area (Å²) in [5.41, 5.74) is 7.00. The SMILES string of the molecule is CN(Cc1ccncn1)C1CCC(N)CC1. The van der Waals surface area contributed by atoms with Crippen LogP contribution in [0.1, 0.15) is 31.4 Å². The summed E-state index contributed by atoms with van der Waals surface area (Å²) in [4.78, 5) is 10.6. The second kappa shape index (κ2) is 5.37. The summed E-state index contributed by atoms with van der Waals surface area (Å²) >= 11 is 0. The summed E-state index contributed by atoms with van der Waals surface area (Å²) in [6, 6.07) is 3.06. The summed E-state index contributed by atoms with van der Waals surface area (Å²) in [6.07, 6.45) is 8.13. The van der Waals surface area contributed by atoms with Gasteiger partial charge in [-0.25, -0.2) is 9.97 Å². The Bertz CT molecular complexity index is 306. The minimum atomic E-state index is 0.420. The minimum absolute atomic E-state index is 0.420. The van der Waals surface area contributed by atoms with Crippen LogP contribution >= 0.6 is 0 Å². The average molecular weight is 220 g/mol. The molecule has 0 saturated heterocycles. The van der Waals surface area contributed by atoms with Gasteiger partial charge in [-0.2, -0.15) is 0 Å². The lowest BCUT2D eigenvalue weighted by atomic mass is 9.91. The fourth-order valence-corrected chi connectivity index (χ4v) is 2.34. The largest absolute Gasteiger partial charge is 0.328 e. The van der Waals surface area contributed by atoms with E-state index in [0.29, 0.717) is 12.1 Å². The molecule has 1 aromatic heterocycles. The lowest BCUT2D eigenvalue weighted by Gasteiger charge is -2.33. The third-order valence-electron chi connectivity index (χ3n) is 3.42. The van der Waals surface area contributed by atoms with E-state index in [9.17, 15) is 0 Å². The van der Waals surface area contributed by atoms with E-state index in [-0.39, 0.29) is 0 Å². The van der Waals surface area contributed by atoms with Gasteiger partial charge in [0.25, 0.3) is 0 Å². The molecule has 1 fully saturated rings. The fourth-order valence-electron chi connectivity index (χ4n) is 2.34. The second-order valence-electron chi connectivity index (χ2n) is 4.68. The monoisotopic (exact) mass is 220 g/mol. The standard InChI is InChI=1S/C12H20N4/c1-16(8-11-6-7-14-9-15-11)12-4-2-10(13)3-5-12/h6-7,9-10,12H,2-5,8,13H2,1H3.